The third kappa shape index (κ3) is 4.39. The van der Waals surface area contributed by atoms with Crippen LogP contribution < -0.4 is 5.32 Å². The minimum atomic E-state index is -0.197. The molecule has 18 heavy (non-hydrogen) atoms. The van der Waals surface area contributed by atoms with E-state index in [1.165, 1.54) is 12.1 Å². The molecular formula is C15H24FNO. The Hall–Kier alpha value is -0.930. The summed E-state index contributed by atoms with van der Waals surface area (Å²) in [4.78, 5) is 0. The average molecular weight is 253 g/mol. The molecule has 0 fully saturated rings. The molecule has 0 aliphatic rings. The first kappa shape index (κ1) is 15.1. The summed E-state index contributed by atoms with van der Waals surface area (Å²) in [6, 6.07) is 6.83. The van der Waals surface area contributed by atoms with Crippen LogP contribution in [0.2, 0.25) is 0 Å². The van der Waals surface area contributed by atoms with Crippen molar-refractivity contribution < 1.29 is 9.13 Å². The second-order valence-corrected chi connectivity index (χ2v) is 4.39. The Bertz CT molecular complexity index is 326. The predicted molar refractivity (Wildman–Crippen MR) is 73.1 cm³/mol. The molecule has 0 aliphatic carbocycles. The van der Waals surface area contributed by atoms with Crippen molar-refractivity contribution in [2.45, 2.75) is 45.8 Å². The van der Waals surface area contributed by atoms with E-state index in [0.717, 1.165) is 24.9 Å². The van der Waals surface area contributed by atoms with Crippen LogP contribution in [0.25, 0.3) is 0 Å². The van der Waals surface area contributed by atoms with Crippen molar-refractivity contribution in [2.75, 3.05) is 13.2 Å². The molecule has 1 N–H and O–H groups in total. The molecule has 102 valence electrons. The Balaban J connectivity index is 2.84. The first-order chi connectivity index (χ1) is 8.72. The van der Waals surface area contributed by atoms with Gasteiger partial charge in [0, 0.05) is 6.61 Å². The standard InChI is InChI=1S/C15H24FNO/c1-4-11-17-15(14(5-2)18-6-3)12-7-9-13(16)10-8-12/h7-10,14-15,17H,4-6,11H2,1-3H3. The van der Waals surface area contributed by atoms with Gasteiger partial charge < -0.3 is 10.1 Å². The highest BCUT2D eigenvalue weighted by molar-refractivity contribution is 5.21. The minimum absolute atomic E-state index is 0.131. The van der Waals surface area contributed by atoms with Crippen molar-refractivity contribution in [3.8, 4) is 0 Å². The van der Waals surface area contributed by atoms with E-state index >= 15 is 0 Å². The zero-order chi connectivity index (χ0) is 13.4. The van der Waals surface area contributed by atoms with Gasteiger partial charge in [-0.2, -0.15) is 0 Å². The van der Waals surface area contributed by atoms with E-state index in [2.05, 4.69) is 19.2 Å². The molecule has 0 radical (unpaired) electrons. The van der Waals surface area contributed by atoms with Gasteiger partial charge in [-0.15, -0.1) is 0 Å². The van der Waals surface area contributed by atoms with Crippen LogP contribution in [0.15, 0.2) is 24.3 Å². The summed E-state index contributed by atoms with van der Waals surface area (Å²) in [5.41, 5.74) is 1.09. The highest BCUT2D eigenvalue weighted by Crippen LogP contribution is 2.22. The molecule has 0 bridgehead atoms. The van der Waals surface area contributed by atoms with Crippen LogP contribution in [0.4, 0.5) is 4.39 Å². The largest absolute Gasteiger partial charge is 0.377 e. The topological polar surface area (TPSA) is 21.3 Å². The summed E-state index contributed by atoms with van der Waals surface area (Å²) < 4.78 is 18.8. The van der Waals surface area contributed by atoms with Crippen molar-refractivity contribution in [2.24, 2.45) is 0 Å². The Labute approximate surface area is 110 Å². The number of nitrogens with one attached hydrogen (secondary N) is 1. The number of rotatable bonds is 8. The van der Waals surface area contributed by atoms with E-state index < -0.39 is 0 Å². The number of halogens is 1. The van der Waals surface area contributed by atoms with Gasteiger partial charge in [0.2, 0.25) is 0 Å². The number of ether oxygens (including phenoxy) is 1. The molecule has 2 atom stereocenters. The monoisotopic (exact) mass is 253 g/mol. The van der Waals surface area contributed by atoms with Gasteiger partial charge in [-0.25, -0.2) is 4.39 Å². The second-order valence-electron chi connectivity index (χ2n) is 4.39. The second kappa shape index (κ2) is 8.22. The maximum atomic E-state index is 13.0. The summed E-state index contributed by atoms with van der Waals surface area (Å²) in [7, 11) is 0. The van der Waals surface area contributed by atoms with Gasteiger partial charge >= 0.3 is 0 Å². The molecule has 2 unspecified atom stereocenters. The quantitative estimate of drug-likeness (QED) is 0.763. The lowest BCUT2D eigenvalue weighted by Crippen LogP contribution is -2.34. The van der Waals surface area contributed by atoms with E-state index in [4.69, 9.17) is 4.74 Å². The number of hydrogen-bond acceptors (Lipinski definition) is 2. The molecule has 0 aromatic heterocycles. The van der Waals surface area contributed by atoms with Crippen molar-refractivity contribution >= 4 is 0 Å². The molecule has 2 nitrogen and oxygen atoms in total. The molecule has 0 aliphatic heterocycles. The van der Waals surface area contributed by atoms with Crippen molar-refractivity contribution in [1.82, 2.24) is 5.32 Å². The van der Waals surface area contributed by atoms with Gasteiger partial charge in [0.05, 0.1) is 12.1 Å². The smallest absolute Gasteiger partial charge is 0.123 e. The molecule has 1 aromatic rings. The molecular weight excluding hydrogens is 229 g/mol. The lowest BCUT2D eigenvalue weighted by atomic mass is 9.99. The Kier molecular flexibility index (Phi) is 6.91. The van der Waals surface area contributed by atoms with Gasteiger partial charge in [-0.3, -0.25) is 0 Å². The fourth-order valence-electron chi connectivity index (χ4n) is 2.10. The van der Waals surface area contributed by atoms with Crippen LogP contribution in [0.3, 0.4) is 0 Å². The van der Waals surface area contributed by atoms with Crippen molar-refractivity contribution in [3.63, 3.8) is 0 Å². The van der Waals surface area contributed by atoms with Crippen LogP contribution in [0.1, 0.15) is 45.2 Å². The van der Waals surface area contributed by atoms with Gasteiger partial charge in [0.25, 0.3) is 0 Å². The normalized spacial score (nSPS) is 14.4. The highest BCUT2D eigenvalue weighted by atomic mass is 19.1. The summed E-state index contributed by atoms with van der Waals surface area (Å²) >= 11 is 0. The highest BCUT2D eigenvalue weighted by Gasteiger charge is 2.21. The van der Waals surface area contributed by atoms with Crippen LogP contribution in [-0.2, 0) is 4.74 Å². The summed E-state index contributed by atoms with van der Waals surface area (Å²) in [6.45, 7) is 7.89. The molecule has 1 aromatic carbocycles. The maximum absolute atomic E-state index is 13.0. The van der Waals surface area contributed by atoms with E-state index in [0.29, 0.717) is 6.61 Å². The average Bonchev–Trinajstić information content (AvgIpc) is 2.39. The molecule has 0 saturated carbocycles. The third-order valence-electron chi connectivity index (χ3n) is 3.00. The van der Waals surface area contributed by atoms with E-state index in [1.54, 1.807) is 0 Å². The van der Waals surface area contributed by atoms with E-state index in [-0.39, 0.29) is 18.0 Å². The Morgan fingerprint density at radius 2 is 1.83 bits per heavy atom. The minimum Gasteiger partial charge on any atom is -0.377 e. The zero-order valence-electron chi connectivity index (χ0n) is 11.6. The fraction of sp³-hybridized carbons (Fsp3) is 0.600. The molecule has 1 rings (SSSR count). The van der Waals surface area contributed by atoms with Gasteiger partial charge in [0.15, 0.2) is 0 Å². The van der Waals surface area contributed by atoms with E-state index in [1.807, 2.05) is 19.1 Å². The van der Waals surface area contributed by atoms with Gasteiger partial charge in [-0.05, 0) is 44.0 Å². The maximum Gasteiger partial charge on any atom is 0.123 e. The van der Waals surface area contributed by atoms with Crippen LogP contribution in [0, 0.1) is 5.82 Å². The fourth-order valence-corrected chi connectivity index (χ4v) is 2.10. The molecule has 0 amide bonds. The summed E-state index contributed by atoms with van der Waals surface area (Å²) in [5, 5.41) is 3.49. The number of benzene rings is 1. The Morgan fingerprint density at radius 1 is 1.17 bits per heavy atom. The molecule has 0 saturated heterocycles. The predicted octanol–water partition coefficient (Wildman–Crippen LogP) is 3.68. The van der Waals surface area contributed by atoms with E-state index in [9.17, 15) is 4.39 Å². The lowest BCUT2D eigenvalue weighted by molar-refractivity contribution is 0.0314. The molecule has 3 heteroatoms. The van der Waals surface area contributed by atoms with Crippen molar-refractivity contribution in [3.05, 3.63) is 35.6 Å². The SMILES string of the molecule is CCCNC(c1ccc(F)cc1)C(CC)OCC. The lowest BCUT2D eigenvalue weighted by Gasteiger charge is -2.27. The van der Waals surface area contributed by atoms with Crippen LogP contribution in [0.5, 0.6) is 0 Å². The van der Waals surface area contributed by atoms with Crippen LogP contribution >= 0.6 is 0 Å². The number of hydrogen-bond donors (Lipinski definition) is 1. The van der Waals surface area contributed by atoms with Gasteiger partial charge in [0.1, 0.15) is 5.82 Å². The molecule has 0 heterocycles. The summed E-state index contributed by atoms with van der Waals surface area (Å²) in [5.74, 6) is -0.197. The summed E-state index contributed by atoms with van der Waals surface area (Å²) in [6.07, 6.45) is 2.14. The zero-order valence-corrected chi connectivity index (χ0v) is 11.6. The van der Waals surface area contributed by atoms with Gasteiger partial charge in [-0.1, -0.05) is 26.0 Å². The first-order valence-electron chi connectivity index (χ1n) is 6.83. The molecule has 0 spiro atoms. The first-order valence-corrected chi connectivity index (χ1v) is 6.83. The third-order valence-corrected chi connectivity index (χ3v) is 3.00. The van der Waals surface area contributed by atoms with Crippen LogP contribution in [-0.4, -0.2) is 19.3 Å². The van der Waals surface area contributed by atoms with Crippen molar-refractivity contribution in [1.29, 1.82) is 0 Å². The Morgan fingerprint density at radius 3 is 2.33 bits per heavy atom.